The number of hydrogen-bond acceptors (Lipinski definition) is 5. The lowest BCUT2D eigenvalue weighted by Crippen LogP contribution is -2.23. The fraction of sp³-hybridized carbons (Fsp3) is 0.154. The summed E-state index contributed by atoms with van der Waals surface area (Å²) in [5, 5.41) is 3.12. The van der Waals surface area contributed by atoms with Crippen LogP contribution in [-0.2, 0) is 6.54 Å². The molecule has 1 heterocycles. The molecule has 2 amide bonds. The Morgan fingerprint density at radius 1 is 1.40 bits per heavy atom. The van der Waals surface area contributed by atoms with Gasteiger partial charge in [-0.05, 0) is 24.6 Å². The first kappa shape index (κ1) is 14.0. The van der Waals surface area contributed by atoms with Gasteiger partial charge in [0.05, 0.1) is 5.69 Å². The number of rotatable bonds is 4. The van der Waals surface area contributed by atoms with E-state index in [1.54, 1.807) is 31.2 Å². The van der Waals surface area contributed by atoms with Crippen molar-refractivity contribution in [2.75, 3.05) is 5.73 Å². The van der Waals surface area contributed by atoms with Crippen molar-refractivity contribution in [3.8, 4) is 0 Å². The summed E-state index contributed by atoms with van der Waals surface area (Å²) in [4.78, 5) is 27.6. The molecule has 5 N–H and O–H groups in total. The average molecular weight is 290 g/mol. The average Bonchev–Trinajstić information content (AvgIpc) is 2.75. The number of hydrogen-bond donors (Lipinski definition) is 3. The molecule has 2 rings (SSSR count). The first-order valence-electron chi connectivity index (χ1n) is 5.87. The topological polar surface area (TPSA) is 111 Å². The van der Waals surface area contributed by atoms with Crippen LogP contribution < -0.4 is 16.8 Å². The van der Waals surface area contributed by atoms with E-state index >= 15 is 0 Å². The molecule has 20 heavy (non-hydrogen) atoms. The van der Waals surface area contributed by atoms with Gasteiger partial charge in [0.2, 0.25) is 5.91 Å². The summed E-state index contributed by atoms with van der Waals surface area (Å²) in [6.07, 6.45) is 0. The molecule has 0 fully saturated rings. The van der Waals surface area contributed by atoms with Gasteiger partial charge in [-0.25, -0.2) is 4.98 Å². The molecule has 6 nitrogen and oxygen atoms in total. The van der Waals surface area contributed by atoms with Crippen LogP contribution in [-0.4, -0.2) is 16.8 Å². The number of primary amides is 1. The number of thiazole rings is 1. The van der Waals surface area contributed by atoms with Gasteiger partial charge < -0.3 is 16.8 Å². The number of carbonyl (C=O) groups excluding carboxylic acids is 2. The van der Waals surface area contributed by atoms with Crippen LogP contribution in [0, 0.1) is 6.92 Å². The van der Waals surface area contributed by atoms with Gasteiger partial charge in [-0.2, -0.15) is 0 Å². The molecule has 0 saturated heterocycles. The monoisotopic (exact) mass is 290 g/mol. The van der Waals surface area contributed by atoms with Gasteiger partial charge in [-0.3, -0.25) is 9.59 Å². The number of anilines is 1. The van der Waals surface area contributed by atoms with Crippen LogP contribution in [0.1, 0.15) is 31.3 Å². The minimum atomic E-state index is -0.496. The molecule has 0 radical (unpaired) electrons. The molecule has 0 aliphatic carbocycles. The molecule has 0 atom stereocenters. The Morgan fingerprint density at radius 3 is 2.75 bits per heavy atom. The molecule has 0 spiro atoms. The maximum absolute atomic E-state index is 12.0. The summed E-state index contributed by atoms with van der Waals surface area (Å²) in [7, 11) is 0. The number of nitrogens with one attached hydrogen (secondary N) is 1. The fourth-order valence-corrected chi connectivity index (χ4v) is 2.48. The van der Waals surface area contributed by atoms with E-state index in [9.17, 15) is 9.59 Å². The van der Waals surface area contributed by atoms with Gasteiger partial charge in [0.1, 0.15) is 4.88 Å². The van der Waals surface area contributed by atoms with E-state index in [-0.39, 0.29) is 5.91 Å². The normalized spacial score (nSPS) is 10.2. The number of aryl methyl sites for hydroxylation is 1. The third kappa shape index (κ3) is 3.12. The Bertz CT molecular complexity index is 666. The third-order valence-electron chi connectivity index (χ3n) is 2.68. The third-order valence-corrected chi connectivity index (χ3v) is 3.67. The number of benzene rings is 1. The van der Waals surface area contributed by atoms with Crippen molar-refractivity contribution in [1.82, 2.24) is 10.3 Å². The van der Waals surface area contributed by atoms with E-state index in [1.165, 1.54) is 0 Å². The van der Waals surface area contributed by atoms with Gasteiger partial charge in [0.15, 0.2) is 5.13 Å². The van der Waals surface area contributed by atoms with E-state index < -0.39 is 5.91 Å². The van der Waals surface area contributed by atoms with Crippen molar-refractivity contribution in [2.45, 2.75) is 13.5 Å². The lowest BCUT2D eigenvalue weighted by Gasteiger charge is -2.05. The molecule has 104 valence electrons. The zero-order valence-corrected chi connectivity index (χ0v) is 11.7. The van der Waals surface area contributed by atoms with Crippen LogP contribution >= 0.6 is 11.3 Å². The number of nitrogens with zero attached hydrogens (tertiary/aromatic N) is 1. The van der Waals surface area contributed by atoms with E-state index in [2.05, 4.69) is 10.3 Å². The molecule has 7 heteroatoms. The largest absolute Gasteiger partial charge is 0.375 e. The molecule has 2 aromatic rings. The van der Waals surface area contributed by atoms with Gasteiger partial charge in [-0.1, -0.05) is 23.5 Å². The molecular formula is C13H14N4O2S. The van der Waals surface area contributed by atoms with E-state index in [1.807, 2.05) is 0 Å². The summed E-state index contributed by atoms with van der Waals surface area (Å²) in [5.41, 5.74) is 12.6. The molecule has 0 unspecified atom stereocenters. The smallest absolute Gasteiger partial charge is 0.263 e. The highest BCUT2D eigenvalue weighted by atomic mass is 32.1. The van der Waals surface area contributed by atoms with E-state index in [4.69, 9.17) is 11.5 Å². The van der Waals surface area contributed by atoms with Crippen LogP contribution in [0.5, 0.6) is 0 Å². The van der Waals surface area contributed by atoms with Crippen LogP contribution in [0.4, 0.5) is 5.13 Å². The molecular weight excluding hydrogens is 276 g/mol. The molecule has 0 saturated carbocycles. The second kappa shape index (κ2) is 5.70. The predicted molar refractivity (Wildman–Crippen MR) is 77.4 cm³/mol. The van der Waals surface area contributed by atoms with Gasteiger partial charge in [0, 0.05) is 12.1 Å². The maximum Gasteiger partial charge on any atom is 0.263 e. The highest BCUT2D eigenvalue weighted by Gasteiger charge is 2.13. The van der Waals surface area contributed by atoms with Crippen molar-refractivity contribution < 1.29 is 9.59 Å². The van der Waals surface area contributed by atoms with E-state index in [0.29, 0.717) is 27.8 Å². The Labute approximate surface area is 119 Å². The summed E-state index contributed by atoms with van der Waals surface area (Å²) in [6, 6.07) is 6.80. The predicted octanol–water partition coefficient (Wildman–Crippen LogP) is 1.06. The highest BCUT2D eigenvalue weighted by Crippen LogP contribution is 2.19. The summed E-state index contributed by atoms with van der Waals surface area (Å²) in [5.74, 6) is -0.731. The van der Waals surface area contributed by atoms with Crippen LogP contribution in [0.3, 0.4) is 0 Å². The van der Waals surface area contributed by atoms with Crippen molar-refractivity contribution >= 4 is 28.3 Å². The standard InChI is InChI=1S/C13H14N4O2S/c1-7-10(20-13(15)17-7)12(19)16-6-8-3-2-4-9(5-8)11(14)18/h2-5H,6H2,1H3,(H2,14,18)(H2,15,17)(H,16,19). The molecule has 0 aliphatic rings. The number of aromatic nitrogens is 1. The minimum absolute atomic E-state index is 0.235. The minimum Gasteiger partial charge on any atom is -0.375 e. The first-order chi connectivity index (χ1) is 9.47. The Morgan fingerprint density at radius 2 is 2.15 bits per heavy atom. The molecule has 1 aromatic carbocycles. The molecule has 0 bridgehead atoms. The van der Waals surface area contributed by atoms with E-state index in [0.717, 1.165) is 16.9 Å². The number of nitrogens with two attached hydrogens (primary N) is 2. The van der Waals surface area contributed by atoms with Gasteiger partial charge in [-0.15, -0.1) is 0 Å². The van der Waals surface area contributed by atoms with Gasteiger partial charge in [0.25, 0.3) is 5.91 Å². The second-order valence-electron chi connectivity index (χ2n) is 4.21. The zero-order chi connectivity index (χ0) is 14.7. The van der Waals surface area contributed by atoms with Crippen LogP contribution in [0.2, 0.25) is 0 Å². The quantitative estimate of drug-likeness (QED) is 0.781. The molecule has 0 aliphatic heterocycles. The SMILES string of the molecule is Cc1nc(N)sc1C(=O)NCc1cccc(C(N)=O)c1. The van der Waals surface area contributed by atoms with Crippen molar-refractivity contribution in [3.05, 3.63) is 46.0 Å². The zero-order valence-electron chi connectivity index (χ0n) is 10.8. The summed E-state index contributed by atoms with van der Waals surface area (Å²) >= 11 is 1.15. The van der Waals surface area contributed by atoms with Crippen LogP contribution in [0.25, 0.3) is 0 Å². The first-order valence-corrected chi connectivity index (χ1v) is 6.69. The van der Waals surface area contributed by atoms with Crippen molar-refractivity contribution in [1.29, 1.82) is 0 Å². The number of amides is 2. The second-order valence-corrected chi connectivity index (χ2v) is 5.24. The van der Waals surface area contributed by atoms with Crippen LogP contribution in [0.15, 0.2) is 24.3 Å². The maximum atomic E-state index is 12.0. The Hall–Kier alpha value is -2.41. The lowest BCUT2D eigenvalue weighted by molar-refractivity contribution is 0.0953. The van der Waals surface area contributed by atoms with Gasteiger partial charge >= 0.3 is 0 Å². The number of carbonyl (C=O) groups is 2. The fourth-order valence-electron chi connectivity index (χ4n) is 1.73. The molecule has 1 aromatic heterocycles. The summed E-state index contributed by atoms with van der Waals surface area (Å²) < 4.78 is 0. The lowest BCUT2D eigenvalue weighted by atomic mass is 10.1. The Balaban J connectivity index is 2.05. The van der Waals surface area contributed by atoms with Crippen molar-refractivity contribution in [2.24, 2.45) is 5.73 Å². The number of nitrogen functional groups attached to an aromatic ring is 1. The Kier molecular flexibility index (Phi) is 3.99. The summed E-state index contributed by atoms with van der Waals surface area (Å²) in [6.45, 7) is 2.03. The van der Waals surface area contributed by atoms with Crippen molar-refractivity contribution in [3.63, 3.8) is 0 Å². The highest BCUT2D eigenvalue weighted by molar-refractivity contribution is 7.17.